The fraction of sp³-hybridized carbons (Fsp3) is 0.727. The molecule has 1 saturated heterocycles. The summed E-state index contributed by atoms with van der Waals surface area (Å²) in [5.74, 6) is 3.33. The van der Waals surface area contributed by atoms with Gasteiger partial charge in [-0.15, -0.1) is 34.2 Å². The molecule has 0 amide bonds. The average Bonchev–Trinajstić information content (AvgIpc) is 2.86. The number of nitrogens with two attached hydrogens (primary N) is 1. The Hall–Kier alpha value is -0.0900. The predicted molar refractivity (Wildman–Crippen MR) is 93.6 cm³/mol. The van der Waals surface area contributed by atoms with Crippen molar-refractivity contribution < 1.29 is 0 Å². The lowest BCUT2D eigenvalue weighted by Crippen LogP contribution is -2.42. The van der Waals surface area contributed by atoms with Crippen LogP contribution < -0.4 is 5.73 Å². The third-order valence-electron chi connectivity index (χ3n) is 2.69. The molecule has 2 heterocycles. The van der Waals surface area contributed by atoms with Crippen molar-refractivity contribution in [3.63, 3.8) is 0 Å². The highest BCUT2D eigenvalue weighted by Crippen LogP contribution is 2.19. The van der Waals surface area contributed by atoms with E-state index in [0.29, 0.717) is 18.4 Å². The van der Waals surface area contributed by atoms with Crippen LogP contribution in [-0.2, 0) is 6.54 Å². The first kappa shape index (κ1) is 17.0. The van der Waals surface area contributed by atoms with Gasteiger partial charge >= 0.3 is 0 Å². The average molecular weight is 413 g/mol. The van der Waals surface area contributed by atoms with Crippen molar-refractivity contribution in [2.75, 3.05) is 24.6 Å². The molecule has 2 N–H and O–H groups in total. The normalized spacial score (nSPS) is 16.6. The van der Waals surface area contributed by atoms with Crippen molar-refractivity contribution in [2.45, 2.75) is 26.3 Å². The first-order valence-electron chi connectivity index (χ1n) is 6.11. The molecule has 0 spiro atoms. The number of halogens is 1. The molecule has 0 aromatic carbocycles. The quantitative estimate of drug-likeness (QED) is 0.467. The zero-order chi connectivity index (χ0) is 13.0. The number of guanidine groups is 1. The fourth-order valence-electron chi connectivity index (χ4n) is 1.60. The molecule has 5 nitrogen and oxygen atoms in total. The van der Waals surface area contributed by atoms with Crippen molar-refractivity contribution in [2.24, 2.45) is 10.7 Å². The number of nitrogens with zero attached hydrogens (tertiary/aromatic N) is 4. The lowest BCUT2D eigenvalue weighted by atomic mass is 10.2. The van der Waals surface area contributed by atoms with Gasteiger partial charge in [0.2, 0.25) is 0 Å². The van der Waals surface area contributed by atoms with E-state index in [4.69, 9.17) is 5.73 Å². The summed E-state index contributed by atoms with van der Waals surface area (Å²) in [6.07, 6.45) is 0. The SMILES string of the molecule is CC(C)c1nnc(CN=C(N)N2CCSCC2)s1.I. The molecular weight excluding hydrogens is 393 g/mol. The van der Waals surface area contributed by atoms with Gasteiger partial charge in [-0.05, 0) is 0 Å². The first-order chi connectivity index (χ1) is 8.66. The Balaban J connectivity index is 0.00000180. The molecule has 108 valence electrons. The van der Waals surface area contributed by atoms with E-state index in [2.05, 4.69) is 33.9 Å². The number of aliphatic imine (C=N–C) groups is 1. The lowest BCUT2D eigenvalue weighted by molar-refractivity contribution is 0.455. The maximum atomic E-state index is 5.99. The summed E-state index contributed by atoms with van der Waals surface area (Å²) in [7, 11) is 0. The summed E-state index contributed by atoms with van der Waals surface area (Å²) in [5.41, 5.74) is 5.99. The number of aromatic nitrogens is 2. The van der Waals surface area contributed by atoms with Gasteiger partial charge < -0.3 is 10.6 Å². The smallest absolute Gasteiger partial charge is 0.191 e. The second-order valence-corrected chi connectivity index (χ2v) is 6.78. The van der Waals surface area contributed by atoms with Crippen LogP contribution >= 0.6 is 47.1 Å². The van der Waals surface area contributed by atoms with Gasteiger partial charge in [0.15, 0.2) is 5.96 Å². The van der Waals surface area contributed by atoms with Gasteiger partial charge in [0.1, 0.15) is 10.0 Å². The van der Waals surface area contributed by atoms with E-state index in [1.807, 2.05) is 11.8 Å². The second-order valence-electron chi connectivity index (χ2n) is 4.46. The summed E-state index contributed by atoms with van der Waals surface area (Å²) in [5, 5.41) is 10.3. The van der Waals surface area contributed by atoms with Gasteiger partial charge in [0.25, 0.3) is 0 Å². The Bertz CT molecular complexity index is 415. The van der Waals surface area contributed by atoms with Gasteiger partial charge in [0, 0.05) is 30.5 Å². The van der Waals surface area contributed by atoms with Crippen LogP contribution in [0.1, 0.15) is 29.8 Å². The molecule has 1 aromatic heterocycles. The molecule has 19 heavy (non-hydrogen) atoms. The van der Waals surface area contributed by atoms with Crippen LogP contribution in [0.15, 0.2) is 4.99 Å². The van der Waals surface area contributed by atoms with E-state index in [9.17, 15) is 0 Å². The molecule has 0 radical (unpaired) electrons. The monoisotopic (exact) mass is 413 g/mol. The Labute approximate surface area is 139 Å². The third kappa shape index (κ3) is 5.07. The zero-order valence-corrected chi connectivity index (χ0v) is 15.2. The summed E-state index contributed by atoms with van der Waals surface area (Å²) in [6.45, 7) is 6.77. The minimum absolute atomic E-state index is 0. The third-order valence-corrected chi connectivity index (χ3v) is 4.84. The van der Waals surface area contributed by atoms with Crippen LogP contribution in [0, 0.1) is 0 Å². The summed E-state index contributed by atoms with van der Waals surface area (Å²) in [6, 6.07) is 0. The molecule has 1 fully saturated rings. The molecule has 0 aliphatic carbocycles. The molecular formula is C11H20IN5S2. The fourth-order valence-corrected chi connectivity index (χ4v) is 3.28. The highest BCUT2D eigenvalue weighted by molar-refractivity contribution is 14.0. The number of thioether (sulfide) groups is 1. The molecule has 2 rings (SSSR count). The van der Waals surface area contributed by atoms with Gasteiger partial charge in [-0.1, -0.05) is 25.2 Å². The number of hydrogen-bond donors (Lipinski definition) is 1. The van der Waals surface area contributed by atoms with Crippen LogP contribution in [0.2, 0.25) is 0 Å². The van der Waals surface area contributed by atoms with Crippen LogP contribution in [0.4, 0.5) is 0 Å². The molecule has 0 bridgehead atoms. The first-order valence-corrected chi connectivity index (χ1v) is 8.09. The minimum Gasteiger partial charge on any atom is -0.370 e. The van der Waals surface area contributed by atoms with Crippen LogP contribution in [0.5, 0.6) is 0 Å². The second kappa shape index (κ2) is 8.25. The van der Waals surface area contributed by atoms with Crippen molar-refractivity contribution in [3.05, 3.63) is 10.0 Å². The summed E-state index contributed by atoms with van der Waals surface area (Å²) >= 11 is 3.59. The lowest BCUT2D eigenvalue weighted by Gasteiger charge is -2.27. The van der Waals surface area contributed by atoms with Crippen LogP contribution in [0.25, 0.3) is 0 Å². The van der Waals surface area contributed by atoms with Gasteiger partial charge in [0.05, 0.1) is 6.54 Å². The molecule has 1 aromatic rings. The van der Waals surface area contributed by atoms with Crippen molar-refractivity contribution in [1.82, 2.24) is 15.1 Å². The molecule has 1 aliphatic rings. The number of rotatable bonds is 3. The predicted octanol–water partition coefficient (Wildman–Crippen LogP) is 2.14. The minimum atomic E-state index is 0. The maximum absolute atomic E-state index is 5.99. The topological polar surface area (TPSA) is 67.4 Å². The Morgan fingerprint density at radius 2 is 2.05 bits per heavy atom. The largest absolute Gasteiger partial charge is 0.370 e. The van der Waals surface area contributed by atoms with Gasteiger partial charge in [-0.2, -0.15) is 11.8 Å². The Kier molecular flexibility index (Phi) is 7.37. The van der Waals surface area contributed by atoms with Crippen molar-refractivity contribution in [3.8, 4) is 0 Å². The molecule has 0 saturated carbocycles. The maximum Gasteiger partial charge on any atom is 0.191 e. The molecule has 0 atom stereocenters. The van der Waals surface area contributed by atoms with E-state index < -0.39 is 0 Å². The van der Waals surface area contributed by atoms with Crippen molar-refractivity contribution >= 4 is 53.0 Å². The van der Waals surface area contributed by atoms with E-state index in [1.165, 1.54) is 0 Å². The van der Waals surface area contributed by atoms with Gasteiger partial charge in [-0.25, -0.2) is 4.99 Å². The molecule has 1 aliphatic heterocycles. The summed E-state index contributed by atoms with van der Waals surface area (Å²) in [4.78, 5) is 6.55. The van der Waals surface area contributed by atoms with Crippen LogP contribution in [0.3, 0.4) is 0 Å². The Morgan fingerprint density at radius 3 is 2.63 bits per heavy atom. The van der Waals surface area contributed by atoms with Gasteiger partial charge in [-0.3, -0.25) is 0 Å². The Morgan fingerprint density at radius 1 is 1.37 bits per heavy atom. The molecule has 0 unspecified atom stereocenters. The highest BCUT2D eigenvalue weighted by Gasteiger charge is 2.12. The van der Waals surface area contributed by atoms with Crippen LogP contribution in [-0.4, -0.2) is 45.7 Å². The zero-order valence-electron chi connectivity index (χ0n) is 11.2. The summed E-state index contributed by atoms with van der Waals surface area (Å²) < 4.78 is 0. The van der Waals surface area contributed by atoms with E-state index in [0.717, 1.165) is 34.6 Å². The van der Waals surface area contributed by atoms with E-state index in [1.54, 1.807) is 11.3 Å². The highest BCUT2D eigenvalue weighted by atomic mass is 127. The van der Waals surface area contributed by atoms with Crippen molar-refractivity contribution in [1.29, 1.82) is 0 Å². The standard InChI is InChI=1S/C11H19N5S2.HI/c1-8(2)10-15-14-9(18-10)7-13-11(12)16-3-5-17-6-4-16;/h8H,3-7H2,1-2H3,(H2,12,13);1H. The van der Waals surface area contributed by atoms with E-state index in [-0.39, 0.29) is 24.0 Å². The number of hydrogen-bond acceptors (Lipinski definition) is 5. The van der Waals surface area contributed by atoms with E-state index >= 15 is 0 Å². The molecule has 8 heteroatoms.